The van der Waals surface area contributed by atoms with Gasteiger partial charge in [-0.25, -0.2) is 9.78 Å². The number of carbonyl (C=O) groups excluding carboxylic acids is 1. The van der Waals surface area contributed by atoms with Gasteiger partial charge in [0.15, 0.2) is 0 Å². The Kier molecular flexibility index (Phi) is 8.75. The summed E-state index contributed by atoms with van der Waals surface area (Å²) in [6.45, 7) is 1.81. The van der Waals surface area contributed by atoms with Crippen LogP contribution in [-0.2, 0) is 24.0 Å². The molecule has 1 amide bonds. The lowest BCUT2D eigenvalue weighted by atomic mass is 9.97. The van der Waals surface area contributed by atoms with E-state index in [0.717, 1.165) is 0 Å². The quantitative estimate of drug-likeness (QED) is 0.168. The highest BCUT2D eigenvalue weighted by atomic mass is 17.2. The fraction of sp³-hybridized carbons (Fsp3) is 0.917. The maximum Gasteiger partial charge on any atom is 0.217 e. The van der Waals surface area contributed by atoms with Gasteiger partial charge in [0.2, 0.25) is 12.2 Å². The summed E-state index contributed by atoms with van der Waals surface area (Å²) in [5.41, 5.74) is 5.25. The average Bonchev–Trinajstić information content (AvgIpc) is 2.49. The smallest absolute Gasteiger partial charge is 0.217 e. The first-order valence-electron chi connectivity index (χ1n) is 6.97. The number of hydrogen-bond acceptors (Lipinski definition) is 9. The van der Waals surface area contributed by atoms with Gasteiger partial charge in [0.05, 0.1) is 19.8 Å². The summed E-state index contributed by atoms with van der Waals surface area (Å²) in [6, 6.07) is -1.04. The van der Waals surface area contributed by atoms with E-state index in [1.54, 1.807) is 0 Å². The van der Waals surface area contributed by atoms with Gasteiger partial charge >= 0.3 is 0 Å². The van der Waals surface area contributed by atoms with Gasteiger partial charge in [-0.05, 0) is 0 Å². The second-order valence-corrected chi connectivity index (χ2v) is 4.75. The summed E-state index contributed by atoms with van der Waals surface area (Å²) >= 11 is 0. The van der Waals surface area contributed by atoms with E-state index in [9.17, 15) is 15.0 Å². The molecule has 22 heavy (non-hydrogen) atoms. The number of ether oxygens (including phenoxy) is 2. The maximum atomic E-state index is 11.2. The van der Waals surface area contributed by atoms with E-state index >= 15 is 0 Å². The lowest BCUT2D eigenvalue weighted by molar-refractivity contribution is -0.412. The molecular weight excluding hydrogens is 300 g/mol. The molecule has 0 aliphatic carbocycles. The number of nitrogens with one attached hydrogen (secondary N) is 1. The Morgan fingerprint density at radius 2 is 2.00 bits per heavy atom. The Balaban J connectivity index is 2.52. The zero-order valence-electron chi connectivity index (χ0n) is 12.4. The fourth-order valence-electron chi connectivity index (χ4n) is 1.95. The van der Waals surface area contributed by atoms with Crippen molar-refractivity contribution in [3.8, 4) is 0 Å². The number of carbonyl (C=O) groups is 1. The number of nitrogens with two attached hydrogens (primary N) is 1. The second kappa shape index (κ2) is 10.0. The van der Waals surface area contributed by atoms with Crippen molar-refractivity contribution in [1.29, 1.82) is 0 Å². The molecule has 1 rings (SSSR count). The van der Waals surface area contributed by atoms with Crippen molar-refractivity contribution in [2.45, 2.75) is 37.6 Å². The van der Waals surface area contributed by atoms with E-state index in [1.165, 1.54) is 6.92 Å². The summed E-state index contributed by atoms with van der Waals surface area (Å²) in [4.78, 5) is 21.1. The Morgan fingerprint density at radius 3 is 2.59 bits per heavy atom. The number of hydrogen-bond donors (Lipinski definition) is 5. The molecule has 0 saturated carbocycles. The Bertz CT molecular complexity index is 332. The van der Waals surface area contributed by atoms with Crippen molar-refractivity contribution >= 4 is 5.91 Å². The largest absolute Gasteiger partial charge is 0.394 e. The van der Waals surface area contributed by atoms with Crippen molar-refractivity contribution in [2.75, 3.05) is 33.0 Å². The van der Waals surface area contributed by atoms with E-state index in [4.69, 9.17) is 30.1 Å². The molecular formula is C12H24N2O8. The Morgan fingerprint density at radius 1 is 1.27 bits per heavy atom. The number of amides is 1. The van der Waals surface area contributed by atoms with Crippen molar-refractivity contribution in [3.63, 3.8) is 0 Å². The van der Waals surface area contributed by atoms with Crippen molar-refractivity contribution < 1.29 is 39.4 Å². The van der Waals surface area contributed by atoms with Gasteiger partial charge in [0.25, 0.3) is 0 Å². The Hall–Kier alpha value is -0.850. The van der Waals surface area contributed by atoms with E-state index in [2.05, 4.69) is 5.32 Å². The lowest BCUT2D eigenvalue weighted by Gasteiger charge is -2.41. The molecule has 6 N–H and O–H groups in total. The van der Waals surface area contributed by atoms with Gasteiger partial charge in [-0.15, -0.1) is 0 Å². The highest BCUT2D eigenvalue weighted by Crippen LogP contribution is 2.22. The summed E-state index contributed by atoms with van der Waals surface area (Å²) in [6.07, 6.45) is -4.98. The van der Waals surface area contributed by atoms with Crippen LogP contribution in [0.3, 0.4) is 0 Å². The van der Waals surface area contributed by atoms with Crippen LogP contribution in [0.4, 0.5) is 0 Å². The third-order valence-electron chi connectivity index (χ3n) is 2.99. The van der Waals surface area contributed by atoms with Gasteiger partial charge in [-0.2, -0.15) is 0 Å². The molecule has 0 bridgehead atoms. The van der Waals surface area contributed by atoms with Gasteiger partial charge in [0, 0.05) is 13.5 Å². The first kappa shape index (κ1) is 19.2. The van der Waals surface area contributed by atoms with Crippen LogP contribution in [0.2, 0.25) is 0 Å². The molecule has 1 heterocycles. The molecule has 130 valence electrons. The minimum atomic E-state index is -1.38. The van der Waals surface area contributed by atoms with Gasteiger partial charge in [-0.3, -0.25) is 4.79 Å². The lowest BCUT2D eigenvalue weighted by Crippen LogP contribution is -2.64. The number of rotatable bonds is 9. The SMILES string of the molecule is CC(=O)N[C@H]1C(OOCCOCCN)O[C@H](CO)[C@H](O)[C@@H]1O. The molecule has 1 fully saturated rings. The molecule has 0 radical (unpaired) electrons. The summed E-state index contributed by atoms with van der Waals surface area (Å²) in [7, 11) is 0. The van der Waals surface area contributed by atoms with Gasteiger partial charge in [0.1, 0.15) is 31.0 Å². The number of aliphatic hydroxyl groups excluding tert-OH is 3. The predicted octanol–water partition coefficient (Wildman–Crippen LogP) is -3.15. The maximum absolute atomic E-state index is 11.2. The average molecular weight is 324 g/mol. The summed E-state index contributed by atoms with van der Waals surface area (Å²) < 4.78 is 10.4. The van der Waals surface area contributed by atoms with Crippen LogP contribution in [0.5, 0.6) is 0 Å². The van der Waals surface area contributed by atoms with E-state index in [0.29, 0.717) is 13.2 Å². The molecule has 0 aromatic heterocycles. The first-order valence-corrected chi connectivity index (χ1v) is 6.97. The van der Waals surface area contributed by atoms with Crippen LogP contribution < -0.4 is 11.1 Å². The zero-order valence-corrected chi connectivity index (χ0v) is 12.4. The van der Waals surface area contributed by atoms with Gasteiger partial charge in [-0.1, -0.05) is 0 Å². The topological polar surface area (TPSA) is 153 Å². The molecule has 10 heteroatoms. The minimum absolute atomic E-state index is 0.0785. The van der Waals surface area contributed by atoms with Crippen LogP contribution in [0, 0.1) is 0 Å². The zero-order chi connectivity index (χ0) is 16.5. The van der Waals surface area contributed by atoms with E-state index in [-0.39, 0.29) is 13.2 Å². The molecule has 1 aliphatic heterocycles. The van der Waals surface area contributed by atoms with Gasteiger partial charge < -0.3 is 35.8 Å². The number of aliphatic hydroxyl groups is 3. The molecule has 0 aromatic rings. The fourth-order valence-corrected chi connectivity index (χ4v) is 1.95. The van der Waals surface area contributed by atoms with Crippen LogP contribution in [-0.4, -0.2) is 84.8 Å². The normalized spacial score (nSPS) is 32.0. The summed E-state index contributed by atoms with van der Waals surface area (Å²) in [5, 5.41) is 31.3. The first-order chi connectivity index (χ1) is 10.5. The molecule has 0 aromatic carbocycles. The van der Waals surface area contributed by atoms with Crippen LogP contribution in [0.15, 0.2) is 0 Å². The molecule has 10 nitrogen and oxygen atoms in total. The standard InChI is InChI=1S/C12H24N2O8/c1-7(16)14-9-11(18)10(17)8(6-15)21-12(9)22-20-5-4-19-3-2-13/h8-12,15,17-18H,2-6,13H2,1H3,(H,14,16)/t8-,9-,10+,11-,12?/m1/s1. The molecule has 1 saturated heterocycles. The monoisotopic (exact) mass is 324 g/mol. The van der Waals surface area contributed by atoms with Crippen LogP contribution in [0.25, 0.3) is 0 Å². The van der Waals surface area contributed by atoms with Crippen LogP contribution >= 0.6 is 0 Å². The Labute approximate surface area is 128 Å². The molecule has 1 aliphatic rings. The molecule has 5 atom stereocenters. The molecule has 1 unspecified atom stereocenters. The summed E-state index contributed by atoms with van der Waals surface area (Å²) in [5.74, 6) is -0.442. The highest BCUT2D eigenvalue weighted by Gasteiger charge is 2.46. The minimum Gasteiger partial charge on any atom is -0.394 e. The van der Waals surface area contributed by atoms with Crippen molar-refractivity contribution in [2.24, 2.45) is 5.73 Å². The van der Waals surface area contributed by atoms with Crippen LogP contribution in [0.1, 0.15) is 6.92 Å². The predicted molar refractivity (Wildman–Crippen MR) is 72.3 cm³/mol. The second-order valence-electron chi connectivity index (χ2n) is 4.75. The highest BCUT2D eigenvalue weighted by molar-refractivity contribution is 5.73. The third kappa shape index (κ3) is 5.74. The van der Waals surface area contributed by atoms with E-state index < -0.39 is 43.2 Å². The van der Waals surface area contributed by atoms with Crippen molar-refractivity contribution in [1.82, 2.24) is 5.32 Å². The van der Waals surface area contributed by atoms with Crippen molar-refractivity contribution in [3.05, 3.63) is 0 Å². The third-order valence-corrected chi connectivity index (χ3v) is 2.99. The molecule has 0 spiro atoms. The van der Waals surface area contributed by atoms with E-state index in [1.807, 2.05) is 0 Å².